The molecule has 1 aliphatic carbocycles. The maximum absolute atomic E-state index is 14.0. The first-order valence-electron chi connectivity index (χ1n) is 10.2. The summed E-state index contributed by atoms with van der Waals surface area (Å²) in [5.41, 5.74) is 4.46. The zero-order valence-corrected chi connectivity index (χ0v) is 17.0. The standard InChI is InChI=1S/C22H22F2N6O/c1-29-11-15(9-26-29)16-12-30-18(10-25-21(30)8-14(16)13-31)17-4-2-6-20(27-17)28-19-5-3-7-22(19,23)24/h2,4,6,8-12,19,31H,3,5,7,13H2,1H3,(H,27,28). The Morgan fingerprint density at radius 2 is 2.13 bits per heavy atom. The highest BCUT2D eigenvalue weighted by Crippen LogP contribution is 2.37. The van der Waals surface area contributed by atoms with Crippen molar-refractivity contribution in [1.29, 1.82) is 0 Å². The van der Waals surface area contributed by atoms with Crippen LogP contribution in [0.4, 0.5) is 14.6 Å². The van der Waals surface area contributed by atoms with Gasteiger partial charge in [-0.3, -0.25) is 9.08 Å². The summed E-state index contributed by atoms with van der Waals surface area (Å²) in [7, 11) is 1.83. The lowest BCUT2D eigenvalue weighted by atomic mass is 10.1. The predicted molar refractivity (Wildman–Crippen MR) is 113 cm³/mol. The number of aromatic nitrogens is 5. The number of pyridine rings is 2. The lowest BCUT2D eigenvalue weighted by Gasteiger charge is -2.21. The number of anilines is 1. The van der Waals surface area contributed by atoms with Gasteiger partial charge in [-0.2, -0.15) is 5.10 Å². The van der Waals surface area contributed by atoms with Crippen LogP contribution in [0.2, 0.25) is 0 Å². The normalized spacial score (nSPS) is 18.0. The third kappa shape index (κ3) is 3.54. The van der Waals surface area contributed by atoms with E-state index in [-0.39, 0.29) is 13.0 Å². The summed E-state index contributed by atoms with van der Waals surface area (Å²) in [6.07, 6.45) is 8.03. The second-order valence-electron chi connectivity index (χ2n) is 7.90. The van der Waals surface area contributed by atoms with Gasteiger partial charge in [0.15, 0.2) is 0 Å². The maximum Gasteiger partial charge on any atom is 0.267 e. The number of nitrogens with zero attached hydrogens (tertiary/aromatic N) is 5. The first-order chi connectivity index (χ1) is 14.9. The monoisotopic (exact) mass is 424 g/mol. The van der Waals surface area contributed by atoms with Gasteiger partial charge in [-0.25, -0.2) is 18.7 Å². The Labute approximate surface area is 177 Å². The Morgan fingerprint density at radius 3 is 2.84 bits per heavy atom. The molecule has 1 fully saturated rings. The molecule has 0 amide bonds. The highest BCUT2D eigenvalue weighted by molar-refractivity contribution is 5.71. The Morgan fingerprint density at radius 1 is 1.26 bits per heavy atom. The van der Waals surface area contributed by atoms with Crippen LogP contribution in [0.15, 0.2) is 49.1 Å². The van der Waals surface area contributed by atoms with Crippen molar-refractivity contribution in [3.05, 3.63) is 54.6 Å². The lowest BCUT2D eigenvalue weighted by Crippen LogP contribution is -2.34. The van der Waals surface area contributed by atoms with Crippen molar-refractivity contribution in [1.82, 2.24) is 24.1 Å². The molecule has 1 aliphatic rings. The number of halogens is 2. The molecule has 160 valence electrons. The highest BCUT2D eigenvalue weighted by Gasteiger charge is 2.43. The van der Waals surface area contributed by atoms with E-state index in [1.165, 1.54) is 0 Å². The molecule has 0 spiro atoms. The van der Waals surface area contributed by atoms with Crippen molar-refractivity contribution in [3.8, 4) is 22.5 Å². The number of alkyl halides is 2. The van der Waals surface area contributed by atoms with E-state index in [0.717, 1.165) is 22.4 Å². The van der Waals surface area contributed by atoms with Gasteiger partial charge in [0.05, 0.1) is 36.4 Å². The second-order valence-corrected chi connectivity index (χ2v) is 7.90. The predicted octanol–water partition coefficient (Wildman–Crippen LogP) is 3.89. The van der Waals surface area contributed by atoms with E-state index in [1.807, 2.05) is 36.0 Å². The molecule has 7 nitrogen and oxygen atoms in total. The molecular formula is C22H22F2N6O. The van der Waals surface area contributed by atoms with E-state index >= 15 is 0 Å². The largest absolute Gasteiger partial charge is 0.392 e. The number of rotatable bonds is 5. The summed E-state index contributed by atoms with van der Waals surface area (Å²) >= 11 is 0. The van der Waals surface area contributed by atoms with Gasteiger partial charge >= 0.3 is 0 Å². The molecule has 0 bridgehead atoms. The molecule has 5 rings (SSSR count). The van der Waals surface area contributed by atoms with Gasteiger partial charge in [0.25, 0.3) is 5.92 Å². The van der Waals surface area contributed by atoms with Crippen LogP contribution in [0.25, 0.3) is 28.2 Å². The van der Waals surface area contributed by atoms with Crippen molar-refractivity contribution >= 4 is 11.5 Å². The lowest BCUT2D eigenvalue weighted by molar-refractivity contribution is -0.000686. The summed E-state index contributed by atoms with van der Waals surface area (Å²) < 4.78 is 31.6. The molecule has 0 aliphatic heterocycles. The summed E-state index contributed by atoms with van der Waals surface area (Å²) in [5.74, 6) is -2.31. The number of imidazole rings is 1. The maximum atomic E-state index is 14.0. The van der Waals surface area contributed by atoms with E-state index < -0.39 is 12.0 Å². The summed E-state index contributed by atoms with van der Waals surface area (Å²) in [6, 6.07) is 6.24. The van der Waals surface area contributed by atoms with Crippen LogP contribution in [0.5, 0.6) is 0 Å². The molecule has 1 unspecified atom stereocenters. The van der Waals surface area contributed by atoms with Gasteiger partial charge in [0.2, 0.25) is 0 Å². The van der Waals surface area contributed by atoms with E-state index in [0.29, 0.717) is 30.0 Å². The molecule has 4 heterocycles. The summed E-state index contributed by atoms with van der Waals surface area (Å²) in [4.78, 5) is 9.02. The van der Waals surface area contributed by atoms with Gasteiger partial charge in [-0.1, -0.05) is 6.07 Å². The minimum absolute atomic E-state index is 0.0953. The minimum atomic E-state index is -2.72. The molecule has 4 aromatic rings. The molecule has 4 aromatic heterocycles. The Balaban J connectivity index is 1.55. The van der Waals surface area contributed by atoms with Crippen molar-refractivity contribution in [3.63, 3.8) is 0 Å². The molecular weight excluding hydrogens is 402 g/mol. The second kappa shape index (κ2) is 7.42. The Hall–Kier alpha value is -3.33. The molecule has 1 atom stereocenters. The van der Waals surface area contributed by atoms with Gasteiger partial charge in [0, 0.05) is 37.0 Å². The summed E-state index contributed by atoms with van der Waals surface area (Å²) in [6.45, 7) is -0.129. The van der Waals surface area contributed by atoms with Crippen LogP contribution >= 0.6 is 0 Å². The average Bonchev–Trinajstić information content (AvgIpc) is 3.45. The quantitative estimate of drug-likeness (QED) is 0.508. The molecule has 0 saturated heterocycles. The van der Waals surface area contributed by atoms with E-state index in [4.69, 9.17) is 0 Å². The topological polar surface area (TPSA) is 80.3 Å². The smallest absolute Gasteiger partial charge is 0.267 e. The molecule has 31 heavy (non-hydrogen) atoms. The highest BCUT2D eigenvalue weighted by atomic mass is 19.3. The zero-order chi connectivity index (χ0) is 21.6. The van der Waals surface area contributed by atoms with Gasteiger partial charge in [-0.05, 0) is 36.6 Å². The van der Waals surface area contributed by atoms with Crippen molar-refractivity contribution < 1.29 is 13.9 Å². The van der Waals surface area contributed by atoms with Gasteiger partial charge < -0.3 is 10.4 Å². The zero-order valence-electron chi connectivity index (χ0n) is 17.0. The third-order valence-corrected chi connectivity index (χ3v) is 5.77. The van der Waals surface area contributed by atoms with Gasteiger partial charge in [-0.15, -0.1) is 0 Å². The SMILES string of the molecule is Cn1cc(-c2cn3c(-c4cccc(NC5CCCC5(F)F)n4)cnc3cc2CO)cn1. The minimum Gasteiger partial charge on any atom is -0.392 e. The Kier molecular flexibility index (Phi) is 4.70. The molecule has 0 radical (unpaired) electrons. The van der Waals surface area contributed by atoms with Crippen molar-refractivity contribution in [2.75, 3.05) is 5.32 Å². The number of aryl methyl sites for hydroxylation is 1. The molecule has 2 N–H and O–H groups in total. The van der Waals surface area contributed by atoms with Crippen LogP contribution in [0.1, 0.15) is 24.8 Å². The van der Waals surface area contributed by atoms with Crippen molar-refractivity contribution in [2.24, 2.45) is 7.05 Å². The van der Waals surface area contributed by atoms with Crippen LogP contribution in [-0.2, 0) is 13.7 Å². The van der Waals surface area contributed by atoms with Crippen LogP contribution in [0.3, 0.4) is 0 Å². The summed E-state index contributed by atoms with van der Waals surface area (Å²) in [5, 5.41) is 17.0. The number of hydrogen-bond donors (Lipinski definition) is 2. The fourth-order valence-corrected chi connectivity index (χ4v) is 4.15. The number of hydrogen-bond acceptors (Lipinski definition) is 5. The van der Waals surface area contributed by atoms with E-state index in [1.54, 1.807) is 29.2 Å². The van der Waals surface area contributed by atoms with Crippen LogP contribution in [0, 0.1) is 0 Å². The molecule has 9 heteroatoms. The van der Waals surface area contributed by atoms with E-state index in [2.05, 4.69) is 20.4 Å². The van der Waals surface area contributed by atoms with E-state index in [9.17, 15) is 13.9 Å². The number of fused-ring (bicyclic) bond motifs is 1. The fourth-order valence-electron chi connectivity index (χ4n) is 4.15. The molecule has 0 aromatic carbocycles. The van der Waals surface area contributed by atoms with Gasteiger partial charge in [0.1, 0.15) is 11.5 Å². The van der Waals surface area contributed by atoms with Crippen LogP contribution < -0.4 is 5.32 Å². The molecule has 1 saturated carbocycles. The number of aliphatic hydroxyl groups is 1. The van der Waals surface area contributed by atoms with Crippen LogP contribution in [-0.4, -0.2) is 41.2 Å². The fraction of sp³-hybridized carbons (Fsp3) is 0.318. The number of aliphatic hydroxyl groups excluding tert-OH is 1. The number of nitrogens with one attached hydrogen (secondary N) is 1. The van der Waals surface area contributed by atoms with Crippen molar-refractivity contribution in [2.45, 2.75) is 37.8 Å². The first-order valence-corrected chi connectivity index (χ1v) is 10.2. The third-order valence-electron chi connectivity index (χ3n) is 5.77. The Bertz CT molecular complexity index is 1250. The average molecular weight is 424 g/mol. The first kappa shape index (κ1) is 19.6.